The van der Waals surface area contributed by atoms with E-state index in [2.05, 4.69) is 46.5 Å². The molecule has 0 atom stereocenters. The van der Waals surface area contributed by atoms with Gasteiger partial charge >= 0.3 is 5.97 Å². The number of hydrogen-bond donors (Lipinski definition) is 0. The molecule has 0 N–H and O–H groups in total. The highest BCUT2D eigenvalue weighted by Crippen LogP contribution is 2.39. The molecule has 4 heterocycles. The monoisotopic (exact) mass is 681 g/mol. The first-order chi connectivity index (χ1) is 21.9. The predicted molar refractivity (Wildman–Crippen MR) is 186 cm³/mol. The molecule has 0 aliphatic carbocycles. The predicted octanol–water partition coefficient (Wildman–Crippen LogP) is 6.47. The van der Waals surface area contributed by atoms with Crippen LogP contribution < -0.4 is 9.70 Å². The molecule has 1 fully saturated rings. The molecule has 0 unspecified atom stereocenters. The minimum absolute atomic E-state index is 0.0749. The molecule has 5 rings (SSSR count). The maximum atomic E-state index is 12.9. The number of fused-ring (bicyclic) bond motifs is 1. The molecule has 0 radical (unpaired) electrons. The number of hydrogen-bond acceptors (Lipinski definition) is 11. The summed E-state index contributed by atoms with van der Waals surface area (Å²) in [7, 11) is 0.671. The molecule has 1 aliphatic heterocycles. The molecule has 14 heteroatoms. The number of thiazole rings is 2. The van der Waals surface area contributed by atoms with E-state index in [-0.39, 0.29) is 18.4 Å². The SMILES string of the molecule is CCOC(=O)c1nc(N(C)c2cc(C)c(N=c3sc4ccccc4n3COCC[Si](C)(C)C)nn2)sc1C1CCN(C(C)=O)CC1. The summed E-state index contributed by atoms with van der Waals surface area (Å²) in [5.41, 5.74) is 2.28. The van der Waals surface area contributed by atoms with E-state index in [0.29, 0.717) is 42.3 Å². The lowest BCUT2D eigenvalue weighted by molar-refractivity contribution is -0.129. The van der Waals surface area contributed by atoms with Crippen LogP contribution in [-0.4, -0.2) is 77.9 Å². The van der Waals surface area contributed by atoms with Crippen molar-refractivity contribution in [2.24, 2.45) is 4.99 Å². The van der Waals surface area contributed by atoms with E-state index in [9.17, 15) is 9.59 Å². The van der Waals surface area contributed by atoms with Crippen molar-refractivity contribution in [2.75, 3.05) is 38.3 Å². The Hall–Kier alpha value is -3.46. The fourth-order valence-electron chi connectivity index (χ4n) is 5.24. The van der Waals surface area contributed by atoms with Crippen LogP contribution in [-0.2, 0) is 21.0 Å². The van der Waals surface area contributed by atoms with Crippen molar-refractivity contribution in [1.82, 2.24) is 24.6 Å². The summed E-state index contributed by atoms with van der Waals surface area (Å²) in [5.74, 6) is 0.892. The van der Waals surface area contributed by atoms with Gasteiger partial charge in [-0.3, -0.25) is 9.36 Å². The molecule has 1 aliphatic rings. The molecule has 11 nitrogen and oxygen atoms in total. The third-order valence-electron chi connectivity index (χ3n) is 8.00. The minimum Gasteiger partial charge on any atom is -0.461 e. The highest BCUT2D eigenvalue weighted by atomic mass is 32.1. The van der Waals surface area contributed by atoms with E-state index in [0.717, 1.165) is 51.0 Å². The number of ether oxygens (including phenoxy) is 2. The van der Waals surface area contributed by atoms with Crippen LogP contribution in [0.5, 0.6) is 0 Å². The highest BCUT2D eigenvalue weighted by molar-refractivity contribution is 7.16. The van der Waals surface area contributed by atoms with Gasteiger partial charge in [-0.25, -0.2) is 9.78 Å². The maximum Gasteiger partial charge on any atom is 0.358 e. The molecular weight excluding hydrogens is 639 g/mol. The number of nitrogens with zero attached hydrogens (tertiary/aromatic N) is 7. The largest absolute Gasteiger partial charge is 0.461 e. The van der Waals surface area contributed by atoms with Gasteiger partial charge in [-0.2, -0.15) is 4.99 Å². The van der Waals surface area contributed by atoms with Crippen molar-refractivity contribution in [3.63, 3.8) is 0 Å². The van der Waals surface area contributed by atoms with E-state index in [4.69, 9.17) is 19.5 Å². The Morgan fingerprint density at radius 2 is 1.87 bits per heavy atom. The molecule has 46 heavy (non-hydrogen) atoms. The zero-order valence-corrected chi connectivity index (χ0v) is 30.3. The van der Waals surface area contributed by atoms with E-state index in [1.165, 1.54) is 11.3 Å². The normalized spacial score (nSPS) is 14.7. The molecule has 1 aromatic carbocycles. The van der Waals surface area contributed by atoms with E-state index < -0.39 is 14.0 Å². The number of anilines is 2. The lowest BCUT2D eigenvalue weighted by atomic mass is 9.94. The van der Waals surface area contributed by atoms with Gasteiger partial charge in [0.1, 0.15) is 6.73 Å². The van der Waals surface area contributed by atoms with Crippen LogP contribution in [0.15, 0.2) is 35.3 Å². The summed E-state index contributed by atoms with van der Waals surface area (Å²) in [6.07, 6.45) is 1.54. The Bertz CT molecular complexity index is 1770. The Kier molecular flexibility index (Phi) is 10.7. The molecule has 246 valence electrons. The van der Waals surface area contributed by atoms with Crippen molar-refractivity contribution in [1.29, 1.82) is 0 Å². The molecule has 0 saturated carbocycles. The lowest BCUT2D eigenvalue weighted by Gasteiger charge is -2.30. The quantitative estimate of drug-likeness (QED) is 0.101. The van der Waals surface area contributed by atoms with Crippen molar-refractivity contribution >= 4 is 69.6 Å². The van der Waals surface area contributed by atoms with Crippen molar-refractivity contribution in [2.45, 2.75) is 71.9 Å². The lowest BCUT2D eigenvalue weighted by Crippen LogP contribution is -2.36. The highest BCUT2D eigenvalue weighted by Gasteiger charge is 2.30. The Labute approximate surface area is 278 Å². The zero-order valence-electron chi connectivity index (χ0n) is 27.7. The van der Waals surface area contributed by atoms with E-state index >= 15 is 0 Å². The first-order valence-corrected chi connectivity index (χ1v) is 21.0. The van der Waals surface area contributed by atoms with Crippen LogP contribution in [0.1, 0.15) is 53.5 Å². The van der Waals surface area contributed by atoms with Crippen LogP contribution in [0.3, 0.4) is 0 Å². The standard InChI is InChI=1S/C32H43N7O4S2Si/c1-8-43-30(41)27-28(23-13-15-38(16-14-23)22(3)40)45-31(33-27)37(4)26-19-21(2)29(36-35-26)34-32-39(20-42-17-18-46(5,6)7)24-11-9-10-12-25(24)44-32/h9-12,19,23H,8,13-18,20H2,1-7H3. The molecule has 1 saturated heterocycles. The van der Waals surface area contributed by atoms with Gasteiger partial charge < -0.3 is 19.3 Å². The van der Waals surface area contributed by atoms with Crippen LogP contribution >= 0.6 is 22.7 Å². The molecule has 0 bridgehead atoms. The van der Waals surface area contributed by atoms with E-state index in [1.54, 1.807) is 25.2 Å². The number of benzene rings is 1. The number of esters is 1. The second-order valence-corrected chi connectivity index (χ2v) is 20.4. The smallest absolute Gasteiger partial charge is 0.358 e. The summed E-state index contributed by atoms with van der Waals surface area (Å²) in [4.78, 5) is 39.8. The third kappa shape index (κ3) is 7.90. The van der Waals surface area contributed by atoms with Gasteiger partial charge in [0.15, 0.2) is 27.3 Å². The van der Waals surface area contributed by atoms with Crippen LogP contribution in [0.25, 0.3) is 10.2 Å². The van der Waals surface area contributed by atoms with Gasteiger partial charge in [0, 0.05) is 46.6 Å². The third-order valence-corrected chi connectivity index (χ3v) is 12.1. The Morgan fingerprint density at radius 1 is 1.13 bits per heavy atom. The summed E-state index contributed by atoms with van der Waals surface area (Å²) in [6, 6.07) is 11.3. The zero-order chi connectivity index (χ0) is 33.0. The van der Waals surface area contributed by atoms with Gasteiger partial charge in [0.25, 0.3) is 0 Å². The number of likely N-dealkylation sites (tertiary alicyclic amines) is 1. The number of piperidine rings is 1. The number of carbonyl (C=O) groups excluding carboxylic acids is 2. The average molecular weight is 682 g/mol. The first kappa shape index (κ1) is 33.9. The number of aryl methyl sites for hydroxylation is 1. The number of rotatable bonds is 11. The second-order valence-electron chi connectivity index (χ2n) is 12.7. The van der Waals surface area contributed by atoms with Gasteiger partial charge in [0.05, 0.1) is 16.8 Å². The first-order valence-electron chi connectivity index (χ1n) is 15.7. The fraction of sp³-hybridized carbons (Fsp3) is 0.500. The summed E-state index contributed by atoms with van der Waals surface area (Å²) < 4.78 is 14.7. The number of amides is 1. The Morgan fingerprint density at radius 3 is 2.54 bits per heavy atom. The summed E-state index contributed by atoms with van der Waals surface area (Å²) in [5, 5.41) is 9.66. The molecule has 0 spiro atoms. The molecule has 4 aromatic rings. The molecule has 1 amide bonds. The van der Waals surface area contributed by atoms with E-state index in [1.807, 2.05) is 42.0 Å². The van der Waals surface area contributed by atoms with Crippen molar-refractivity contribution < 1.29 is 19.1 Å². The summed E-state index contributed by atoms with van der Waals surface area (Å²) >= 11 is 3.06. The van der Waals surface area contributed by atoms with Crippen LogP contribution in [0.2, 0.25) is 25.7 Å². The average Bonchev–Trinajstić information content (AvgIpc) is 3.62. The Balaban J connectivity index is 1.41. The minimum atomic E-state index is -1.20. The molecular formula is C32H43N7O4S2Si. The summed E-state index contributed by atoms with van der Waals surface area (Å²) in [6.45, 7) is 15.1. The topological polar surface area (TPSA) is 115 Å². The van der Waals surface area contributed by atoms with Crippen LogP contribution in [0.4, 0.5) is 16.8 Å². The van der Waals surface area contributed by atoms with Gasteiger partial charge in [-0.05, 0) is 62.4 Å². The number of carbonyl (C=O) groups is 2. The van der Waals surface area contributed by atoms with Crippen molar-refractivity contribution in [3.05, 3.63) is 51.3 Å². The van der Waals surface area contributed by atoms with Gasteiger partial charge in [0.2, 0.25) is 5.91 Å². The fourth-order valence-corrected chi connectivity index (χ4v) is 8.20. The van der Waals surface area contributed by atoms with Gasteiger partial charge in [-0.1, -0.05) is 43.1 Å². The van der Waals surface area contributed by atoms with Crippen LogP contribution in [0, 0.1) is 6.92 Å². The molecule has 3 aromatic heterocycles. The van der Waals surface area contributed by atoms with Crippen molar-refractivity contribution in [3.8, 4) is 0 Å². The number of para-hydroxylation sites is 1. The second kappa shape index (κ2) is 14.5. The number of aromatic nitrogens is 4. The maximum absolute atomic E-state index is 12.9. The van der Waals surface area contributed by atoms with Gasteiger partial charge in [-0.15, -0.1) is 21.5 Å².